The minimum atomic E-state index is 0.135. The van der Waals surface area contributed by atoms with E-state index in [4.69, 9.17) is 4.74 Å². The zero-order valence-corrected chi connectivity index (χ0v) is 16.6. The lowest BCUT2D eigenvalue weighted by Crippen LogP contribution is -2.55. The number of carbonyl (C=O) groups excluding carboxylic acids is 1. The van der Waals surface area contributed by atoms with Gasteiger partial charge >= 0.3 is 5.97 Å². The van der Waals surface area contributed by atoms with Gasteiger partial charge in [-0.25, -0.2) is 0 Å². The minimum absolute atomic E-state index is 0.135. The Morgan fingerprint density at radius 2 is 1.74 bits per heavy atom. The van der Waals surface area contributed by atoms with Gasteiger partial charge in [-0.3, -0.25) is 4.79 Å². The van der Waals surface area contributed by atoms with E-state index < -0.39 is 0 Å². The van der Waals surface area contributed by atoms with Crippen molar-refractivity contribution in [3.63, 3.8) is 0 Å². The van der Waals surface area contributed by atoms with Crippen LogP contribution in [0.2, 0.25) is 0 Å². The molecule has 1 N–H and O–H groups in total. The van der Waals surface area contributed by atoms with Gasteiger partial charge < -0.3 is 10.1 Å². The van der Waals surface area contributed by atoms with Gasteiger partial charge in [-0.05, 0) is 62.5 Å². The summed E-state index contributed by atoms with van der Waals surface area (Å²) in [6, 6.07) is 10.4. The molecule has 1 spiro atoms. The third-order valence-corrected chi connectivity index (χ3v) is 7.49. The Bertz CT molecular complexity index is 608. The molecule has 4 rings (SSSR count). The van der Waals surface area contributed by atoms with Crippen molar-refractivity contribution >= 4 is 11.7 Å². The van der Waals surface area contributed by atoms with Crippen LogP contribution < -0.4 is 5.32 Å². The second-order valence-electron chi connectivity index (χ2n) is 9.00. The van der Waals surface area contributed by atoms with Crippen molar-refractivity contribution in [1.82, 2.24) is 0 Å². The van der Waals surface area contributed by atoms with Crippen LogP contribution in [0.25, 0.3) is 0 Å². The van der Waals surface area contributed by atoms with Crippen LogP contribution in [0, 0.1) is 17.3 Å². The Kier molecular flexibility index (Phi) is 6.04. The molecule has 0 aromatic heterocycles. The Morgan fingerprint density at radius 1 is 0.963 bits per heavy atom. The maximum atomic E-state index is 13.0. The first-order chi connectivity index (χ1) is 13.3. The maximum absolute atomic E-state index is 13.0. The number of rotatable bonds is 6. The third-order valence-electron chi connectivity index (χ3n) is 7.49. The molecular formula is C24H35NO2. The number of nitrogens with one attached hydrogen (secondary N) is 1. The number of benzene rings is 1. The number of fused-ring (bicyclic) bond motifs is 2. The van der Waals surface area contributed by atoms with Crippen LogP contribution in [0.1, 0.15) is 77.0 Å². The highest BCUT2D eigenvalue weighted by Gasteiger charge is 2.56. The number of hydrogen-bond donors (Lipinski definition) is 1. The summed E-state index contributed by atoms with van der Waals surface area (Å²) in [5.41, 5.74) is 1.44. The fourth-order valence-corrected chi connectivity index (χ4v) is 6.22. The maximum Gasteiger partial charge on any atom is 0.309 e. The number of hydrogen-bond acceptors (Lipinski definition) is 3. The first-order valence-electron chi connectivity index (χ1n) is 11.3. The van der Waals surface area contributed by atoms with Crippen LogP contribution in [0.4, 0.5) is 5.69 Å². The second kappa shape index (κ2) is 8.67. The molecule has 0 radical (unpaired) electrons. The van der Waals surface area contributed by atoms with Crippen LogP contribution in [0.15, 0.2) is 30.3 Å². The molecule has 0 bridgehead atoms. The molecule has 0 amide bonds. The van der Waals surface area contributed by atoms with Crippen molar-refractivity contribution in [1.29, 1.82) is 0 Å². The zero-order chi connectivity index (χ0) is 18.5. The van der Waals surface area contributed by atoms with Crippen LogP contribution in [-0.4, -0.2) is 18.6 Å². The van der Waals surface area contributed by atoms with E-state index in [0.29, 0.717) is 5.92 Å². The summed E-state index contributed by atoms with van der Waals surface area (Å²) in [6.45, 7) is 0.977. The lowest BCUT2D eigenvalue weighted by atomic mass is 9.53. The average Bonchev–Trinajstić information content (AvgIpc) is 2.71. The van der Waals surface area contributed by atoms with Crippen molar-refractivity contribution in [2.24, 2.45) is 17.3 Å². The van der Waals surface area contributed by atoms with Crippen LogP contribution in [0.5, 0.6) is 0 Å². The van der Waals surface area contributed by atoms with Gasteiger partial charge in [0.15, 0.2) is 0 Å². The lowest BCUT2D eigenvalue weighted by Gasteiger charge is -2.55. The van der Waals surface area contributed by atoms with E-state index in [1.54, 1.807) is 0 Å². The van der Waals surface area contributed by atoms with Gasteiger partial charge in [0.2, 0.25) is 0 Å². The van der Waals surface area contributed by atoms with E-state index in [0.717, 1.165) is 32.2 Å². The Balaban J connectivity index is 1.36. The molecule has 27 heavy (non-hydrogen) atoms. The molecule has 3 heteroatoms. The monoisotopic (exact) mass is 369 g/mol. The molecule has 2 aliphatic carbocycles. The number of unbranched alkanes of at least 4 members (excludes halogenated alkanes) is 1. The molecule has 3 nitrogen and oxygen atoms in total. The number of esters is 1. The van der Waals surface area contributed by atoms with E-state index >= 15 is 0 Å². The number of carbonyl (C=O) groups is 1. The molecule has 3 unspecified atom stereocenters. The molecule has 1 saturated heterocycles. The standard InChI is InChI=1S/C24H35NO2/c26-23-21(14-7-10-18-25-19-11-3-1-4-12-19)24(16-8-2-9-17-24)20-13-5-6-15-22(20)27-23/h1,3-4,11-12,20-22,25H,2,5-10,13-18H2. The van der Waals surface area contributed by atoms with Crippen molar-refractivity contribution in [2.45, 2.75) is 83.2 Å². The van der Waals surface area contributed by atoms with Crippen molar-refractivity contribution in [3.05, 3.63) is 30.3 Å². The largest absolute Gasteiger partial charge is 0.462 e. The number of anilines is 1. The molecule has 3 aliphatic rings. The first kappa shape index (κ1) is 18.8. The van der Waals surface area contributed by atoms with E-state index in [1.807, 2.05) is 6.07 Å². The lowest BCUT2D eigenvalue weighted by molar-refractivity contribution is -0.196. The summed E-state index contributed by atoms with van der Waals surface area (Å²) in [5, 5.41) is 3.49. The van der Waals surface area contributed by atoms with Gasteiger partial charge in [-0.2, -0.15) is 0 Å². The SMILES string of the molecule is O=C1OC2CCCCC2C2(CCCCC2)C1CCCCNc1ccccc1. The second-order valence-corrected chi connectivity index (χ2v) is 9.00. The molecule has 1 heterocycles. The predicted octanol–water partition coefficient (Wildman–Crippen LogP) is 5.95. The quantitative estimate of drug-likeness (QED) is 0.497. The van der Waals surface area contributed by atoms with E-state index in [2.05, 4.69) is 29.6 Å². The summed E-state index contributed by atoms with van der Waals surface area (Å²) >= 11 is 0. The fourth-order valence-electron chi connectivity index (χ4n) is 6.22. The molecule has 148 valence electrons. The van der Waals surface area contributed by atoms with Crippen molar-refractivity contribution in [2.75, 3.05) is 11.9 Å². The molecule has 3 fully saturated rings. The van der Waals surface area contributed by atoms with Gasteiger partial charge in [-0.1, -0.05) is 50.3 Å². The van der Waals surface area contributed by atoms with E-state index in [-0.39, 0.29) is 23.4 Å². The smallest absolute Gasteiger partial charge is 0.309 e. The molecular weight excluding hydrogens is 334 g/mol. The minimum Gasteiger partial charge on any atom is -0.462 e. The third kappa shape index (κ3) is 4.02. The fraction of sp³-hybridized carbons (Fsp3) is 0.708. The summed E-state index contributed by atoms with van der Waals surface area (Å²) in [6.07, 6.45) is 14.9. The highest BCUT2D eigenvalue weighted by atomic mass is 16.5. The van der Waals surface area contributed by atoms with Crippen LogP contribution >= 0.6 is 0 Å². The number of ether oxygens (including phenoxy) is 1. The summed E-state index contributed by atoms with van der Waals surface area (Å²) in [5.74, 6) is 0.918. The van der Waals surface area contributed by atoms with Crippen molar-refractivity contribution < 1.29 is 9.53 Å². The molecule has 1 aromatic carbocycles. The zero-order valence-electron chi connectivity index (χ0n) is 16.6. The summed E-state index contributed by atoms with van der Waals surface area (Å²) in [4.78, 5) is 13.0. The highest BCUT2D eigenvalue weighted by molar-refractivity contribution is 5.75. The Labute approximate surface area is 164 Å². The molecule has 1 aliphatic heterocycles. The number of para-hydroxylation sites is 1. The summed E-state index contributed by atoms with van der Waals surface area (Å²) < 4.78 is 6.00. The Hall–Kier alpha value is -1.51. The molecule has 3 atom stereocenters. The van der Waals surface area contributed by atoms with Gasteiger partial charge in [0.1, 0.15) is 6.10 Å². The molecule has 2 saturated carbocycles. The van der Waals surface area contributed by atoms with Gasteiger partial charge in [-0.15, -0.1) is 0 Å². The van der Waals surface area contributed by atoms with Crippen LogP contribution in [-0.2, 0) is 9.53 Å². The Morgan fingerprint density at radius 3 is 2.56 bits per heavy atom. The average molecular weight is 370 g/mol. The van der Waals surface area contributed by atoms with E-state index in [1.165, 1.54) is 57.1 Å². The van der Waals surface area contributed by atoms with Gasteiger partial charge in [0.05, 0.1) is 5.92 Å². The predicted molar refractivity (Wildman–Crippen MR) is 110 cm³/mol. The first-order valence-corrected chi connectivity index (χ1v) is 11.3. The van der Waals surface area contributed by atoms with Crippen molar-refractivity contribution in [3.8, 4) is 0 Å². The highest BCUT2D eigenvalue weighted by Crippen LogP contribution is 2.57. The normalized spacial score (nSPS) is 29.8. The molecule has 1 aromatic rings. The van der Waals surface area contributed by atoms with Gasteiger partial charge in [0, 0.05) is 18.2 Å². The summed E-state index contributed by atoms with van der Waals surface area (Å²) in [7, 11) is 0. The van der Waals surface area contributed by atoms with Gasteiger partial charge in [0.25, 0.3) is 0 Å². The van der Waals surface area contributed by atoms with Crippen LogP contribution in [0.3, 0.4) is 0 Å². The topological polar surface area (TPSA) is 38.3 Å². The van der Waals surface area contributed by atoms with E-state index in [9.17, 15) is 4.79 Å².